The molecule has 0 saturated heterocycles. The number of hydrogen-bond acceptors (Lipinski definition) is 2. The lowest BCUT2D eigenvalue weighted by atomic mass is 9.87. The van der Waals surface area contributed by atoms with Gasteiger partial charge in [-0.3, -0.25) is 4.79 Å². The van der Waals surface area contributed by atoms with Crippen molar-refractivity contribution in [3.63, 3.8) is 0 Å². The lowest BCUT2D eigenvalue weighted by molar-refractivity contribution is -0.123. The second-order valence-corrected chi connectivity index (χ2v) is 5.40. The van der Waals surface area contributed by atoms with E-state index in [0.29, 0.717) is 0 Å². The minimum absolute atomic E-state index is 0.00449. The molecule has 0 heterocycles. The van der Waals surface area contributed by atoms with Crippen LogP contribution in [-0.4, -0.2) is 11.9 Å². The third-order valence-electron chi connectivity index (χ3n) is 3.89. The van der Waals surface area contributed by atoms with E-state index < -0.39 is 0 Å². The zero-order valence-electron chi connectivity index (χ0n) is 11.7. The summed E-state index contributed by atoms with van der Waals surface area (Å²) in [5.41, 5.74) is 8.56. The topological polar surface area (TPSA) is 55.1 Å². The van der Waals surface area contributed by atoms with Gasteiger partial charge in [0.2, 0.25) is 5.91 Å². The average Bonchev–Trinajstić information content (AvgIpc) is 2.45. The standard InChI is InChI=1S/C16H24N2O/c1-2-3-10-14(17)16(19)18-15-11-6-8-12-7-4-5-9-13(12)15/h4-5,7,9,14-15H,2-3,6,8,10-11,17H2,1H3,(H,18,19). The number of hydrogen-bond donors (Lipinski definition) is 2. The highest BCUT2D eigenvalue weighted by atomic mass is 16.2. The maximum absolute atomic E-state index is 12.1. The Labute approximate surface area is 115 Å². The highest BCUT2D eigenvalue weighted by molar-refractivity contribution is 5.81. The Kier molecular flexibility index (Phi) is 4.97. The Morgan fingerprint density at radius 1 is 1.47 bits per heavy atom. The van der Waals surface area contributed by atoms with Gasteiger partial charge in [-0.2, -0.15) is 0 Å². The molecule has 0 fully saturated rings. The van der Waals surface area contributed by atoms with Crippen molar-refractivity contribution in [2.45, 2.75) is 57.5 Å². The normalized spacial score (nSPS) is 19.6. The summed E-state index contributed by atoms with van der Waals surface area (Å²) in [5, 5.41) is 3.12. The van der Waals surface area contributed by atoms with Crippen LogP contribution in [0.1, 0.15) is 56.2 Å². The van der Waals surface area contributed by atoms with Gasteiger partial charge in [-0.05, 0) is 36.8 Å². The molecule has 19 heavy (non-hydrogen) atoms. The second kappa shape index (κ2) is 6.71. The molecule has 0 radical (unpaired) electrons. The van der Waals surface area contributed by atoms with E-state index >= 15 is 0 Å². The van der Waals surface area contributed by atoms with Crippen LogP contribution >= 0.6 is 0 Å². The summed E-state index contributed by atoms with van der Waals surface area (Å²) >= 11 is 0. The van der Waals surface area contributed by atoms with Crippen LogP contribution in [0, 0.1) is 0 Å². The highest BCUT2D eigenvalue weighted by Gasteiger charge is 2.23. The largest absolute Gasteiger partial charge is 0.348 e. The van der Waals surface area contributed by atoms with Crippen LogP contribution < -0.4 is 11.1 Å². The predicted molar refractivity (Wildman–Crippen MR) is 77.8 cm³/mol. The molecule has 3 N–H and O–H groups in total. The third kappa shape index (κ3) is 3.57. The van der Waals surface area contributed by atoms with E-state index in [2.05, 4.69) is 30.4 Å². The SMILES string of the molecule is CCCCC(N)C(=O)NC1CCCc2ccccc21. The summed E-state index contributed by atoms with van der Waals surface area (Å²) in [6, 6.07) is 8.16. The molecule has 1 aliphatic carbocycles. The molecule has 1 amide bonds. The number of fused-ring (bicyclic) bond motifs is 1. The molecule has 0 bridgehead atoms. The van der Waals surface area contributed by atoms with Crippen LogP contribution in [0.25, 0.3) is 0 Å². The van der Waals surface area contributed by atoms with Gasteiger partial charge in [0, 0.05) is 0 Å². The molecule has 0 aliphatic heterocycles. The van der Waals surface area contributed by atoms with Crippen molar-refractivity contribution in [2.75, 3.05) is 0 Å². The molecule has 3 nitrogen and oxygen atoms in total. The smallest absolute Gasteiger partial charge is 0.237 e. The van der Waals surface area contributed by atoms with E-state index in [9.17, 15) is 4.79 Å². The summed E-state index contributed by atoms with van der Waals surface area (Å²) in [4.78, 5) is 12.1. The highest BCUT2D eigenvalue weighted by Crippen LogP contribution is 2.29. The van der Waals surface area contributed by atoms with Crippen LogP contribution in [-0.2, 0) is 11.2 Å². The van der Waals surface area contributed by atoms with Gasteiger partial charge in [0.25, 0.3) is 0 Å². The number of aryl methyl sites for hydroxylation is 1. The molecule has 2 unspecified atom stereocenters. The molecular formula is C16H24N2O. The lowest BCUT2D eigenvalue weighted by Gasteiger charge is -2.27. The number of nitrogens with two attached hydrogens (primary N) is 1. The van der Waals surface area contributed by atoms with Crippen molar-refractivity contribution < 1.29 is 4.79 Å². The molecule has 2 atom stereocenters. The second-order valence-electron chi connectivity index (χ2n) is 5.40. The summed E-state index contributed by atoms with van der Waals surface area (Å²) in [6.07, 6.45) is 6.12. The number of amides is 1. The zero-order chi connectivity index (χ0) is 13.7. The Bertz CT molecular complexity index is 431. The maximum atomic E-state index is 12.1. The molecule has 1 aliphatic rings. The quantitative estimate of drug-likeness (QED) is 0.855. The van der Waals surface area contributed by atoms with Gasteiger partial charge in [-0.15, -0.1) is 0 Å². The van der Waals surface area contributed by atoms with Gasteiger partial charge in [0.05, 0.1) is 12.1 Å². The summed E-state index contributed by atoms with van der Waals surface area (Å²) < 4.78 is 0. The molecule has 0 aromatic heterocycles. The van der Waals surface area contributed by atoms with E-state index in [1.54, 1.807) is 0 Å². The summed E-state index contributed by atoms with van der Waals surface area (Å²) in [5.74, 6) is -0.00449. The first-order valence-electron chi connectivity index (χ1n) is 7.36. The van der Waals surface area contributed by atoms with E-state index in [1.807, 2.05) is 6.07 Å². The Balaban J connectivity index is 1.98. The van der Waals surface area contributed by atoms with Crippen molar-refractivity contribution in [1.82, 2.24) is 5.32 Å². The van der Waals surface area contributed by atoms with E-state index in [4.69, 9.17) is 5.73 Å². The summed E-state index contributed by atoms with van der Waals surface area (Å²) in [7, 11) is 0. The fourth-order valence-corrected chi connectivity index (χ4v) is 2.74. The molecule has 104 valence electrons. The van der Waals surface area contributed by atoms with Gasteiger partial charge >= 0.3 is 0 Å². The number of rotatable bonds is 5. The summed E-state index contributed by atoms with van der Waals surface area (Å²) in [6.45, 7) is 2.11. The van der Waals surface area contributed by atoms with Gasteiger partial charge in [0.15, 0.2) is 0 Å². The minimum Gasteiger partial charge on any atom is -0.348 e. The van der Waals surface area contributed by atoms with Gasteiger partial charge in [-0.25, -0.2) is 0 Å². The Morgan fingerprint density at radius 3 is 3.05 bits per heavy atom. The van der Waals surface area contributed by atoms with Gasteiger partial charge in [0.1, 0.15) is 0 Å². The predicted octanol–water partition coefficient (Wildman–Crippen LogP) is 2.70. The Hall–Kier alpha value is -1.35. The van der Waals surface area contributed by atoms with E-state index in [-0.39, 0.29) is 18.0 Å². The minimum atomic E-state index is -0.367. The first kappa shape index (κ1) is 14.1. The maximum Gasteiger partial charge on any atom is 0.237 e. The first-order valence-corrected chi connectivity index (χ1v) is 7.36. The van der Waals surface area contributed by atoms with Crippen LogP contribution in [0.2, 0.25) is 0 Å². The van der Waals surface area contributed by atoms with Crippen LogP contribution in [0.3, 0.4) is 0 Å². The lowest BCUT2D eigenvalue weighted by Crippen LogP contribution is -2.42. The first-order chi connectivity index (χ1) is 9.22. The monoisotopic (exact) mass is 260 g/mol. The molecular weight excluding hydrogens is 236 g/mol. The molecule has 1 aromatic carbocycles. The average molecular weight is 260 g/mol. The van der Waals surface area contributed by atoms with Gasteiger partial charge < -0.3 is 11.1 Å². The Morgan fingerprint density at radius 2 is 2.26 bits per heavy atom. The fraction of sp³-hybridized carbons (Fsp3) is 0.562. The number of nitrogens with one attached hydrogen (secondary N) is 1. The van der Waals surface area contributed by atoms with Crippen molar-refractivity contribution in [2.24, 2.45) is 5.73 Å². The van der Waals surface area contributed by atoms with Crippen LogP contribution in [0.15, 0.2) is 24.3 Å². The zero-order valence-corrected chi connectivity index (χ0v) is 11.7. The number of unbranched alkanes of at least 4 members (excludes halogenated alkanes) is 1. The fourth-order valence-electron chi connectivity index (χ4n) is 2.74. The van der Waals surface area contributed by atoms with Crippen LogP contribution in [0.4, 0.5) is 0 Å². The third-order valence-corrected chi connectivity index (χ3v) is 3.89. The molecule has 0 spiro atoms. The van der Waals surface area contributed by atoms with Crippen molar-refractivity contribution in [1.29, 1.82) is 0 Å². The number of benzene rings is 1. The van der Waals surface area contributed by atoms with Crippen molar-refractivity contribution >= 4 is 5.91 Å². The van der Waals surface area contributed by atoms with E-state index in [0.717, 1.165) is 38.5 Å². The molecule has 2 rings (SSSR count). The van der Waals surface area contributed by atoms with Crippen molar-refractivity contribution in [3.05, 3.63) is 35.4 Å². The molecule has 1 aromatic rings. The van der Waals surface area contributed by atoms with Crippen molar-refractivity contribution in [3.8, 4) is 0 Å². The van der Waals surface area contributed by atoms with Gasteiger partial charge in [-0.1, -0.05) is 44.0 Å². The number of carbonyl (C=O) groups is 1. The molecule has 0 saturated carbocycles. The van der Waals surface area contributed by atoms with E-state index in [1.165, 1.54) is 11.1 Å². The molecule has 3 heteroatoms. The van der Waals surface area contributed by atoms with Crippen LogP contribution in [0.5, 0.6) is 0 Å². The number of carbonyl (C=O) groups excluding carboxylic acids is 1.